The summed E-state index contributed by atoms with van der Waals surface area (Å²) in [5.74, 6) is 0. The molecule has 1 aromatic heterocycles. The summed E-state index contributed by atoms with van der Waals surface area (Å²) in [6.45, 7) is 2.09. The van der Waals surface area contributed by atoms with Crippen molar-refractivity contribution in [3.8, 4) is 5.69 Å². The third-order valence-corrected chi connectivity index (χ3v) is 2.45. The van der Waals surface area contributed by atoms with E-state index >= 15 is 0 Å². The molecule has 0 bridgehead atoms. The summed E-state index contributed by atoms with van der Waals surface area (Å²) in [6.07, 6.45) is 3.90. The Balaban J connectivity index is 2.42. The van der Waals surface area contributed by atoms with Crippen LogP contribution in [0.4, 0.5) is 5.69 Å². The smallest absolute Gasteiger partial charge is 0.0752 e. The molecule has 1 heterocycles. The van der Waals surface area contributed by atoms with Crippen LogP contribution in [-0.4, -0.2) is 23.9 Å². The summed E-state index contributed by atoms with van der Waals surface area (Å²) in [5.41, 5.74) is 3.47. The highest BCUT2D eigenvalue weighted by molar-refractivity contribution is 5.46. The number of hydrogen-bond donors (Lipinski definition) is 0. The van der Waals surface area contributed by atoms with Gasteiger partial charge in [0.1, 0.15) is 0 Å². The van der Waals surface area contributed by atoms with E-state index in [0.29, 0.717) is 0 Å². The van der Waals surface area contributed by atoms with Crippen LogP contribution in [-0.2, 0) is 0 Å². The number of hydrogen-bond acceptors (Lipinski definition) is 2. The van der Waals surface area contributed by atoms with Crippen molar-refractivity contribution in [1.29, 1.82) is 0 Å². The Bertz CT molecular complexity index is 457. The van der Waals surface area contributed by atoms with Crippen LogP contribution >= 0.6 is 0 Å². The number of para-hydroxylation sites is 1. The molecule has 0 aliphatic heterocycles. The third-order valence-electron chi connectivity index (χ3n) is 2.45. The quantitative estimate of drug-likeness (QED) is 0.743. The Morgan fingerprint density at radius 2 is 1.93 bits per heavy atom. The van der Waals surface area contributed by atoms with E-state index in [1.54, 1.807) is 0 Å². The fourth-order valence-electron chi connectivity index (χ4n) is 1.50. The molecule has 0 aliphatic carbocycles. The van der Waals surface area contributed by atoms with Crippen molar-refractivity contribution in [2.24, 2.45) is 0 Å². The van der Waals surface area contributed by atoms with Gasteiger partial charge in [0, 0.05) is 14.1 Å². The zero-order valence-electron chi connectivity index (χ0n) is 9.31. The van der Waals surface area contributed by atoms with Crippen molar-refractivity contribution < 1.29 is 0 Å². The highest BCUT2D eigenvalue weighted by Crippen LogP contribution is 2.16. The van der Waals surface area contributed by atoms with Crippen molar-refractivity contribution in [2.45, 2.75) is 6.92 Å². The minimum atomic E-state index is 1.11. The van der Waals surface area contributed by atoms with Crippen LogP contribution in [0.25, 0.3) is 5.69 Å². The van der Waals surface area contributed by atoms with Gasteiger partial charge in [0.05, 0.1) is 23.8 Å². The van der Waals surface area contributed by atoms with Crippen LogP contribution in [0.5, 0.6) is 0 Å². The van der Waals surface area contributed by atoms with Crippen molar-refractivity contribution in [3.63, 3.8) is 0 Å². The molecule has 3 heteroatoms. The second-order valence-electron chi connectivity index (χ2n) is 3.82. The van der Waals surface area contributed by atoms with E-state index in [9.17, 15) is 0 Å². The molecule has 0 fully saturated rings. The fraction of sp³-hybridized carbons (Fsp3) is 0.250. The molecule has 0 atom stereocenters. The zero-order chi connectivity index (χ0) is 10.8. The number of aromatic nitrogens is 2. The Morgan fingerprint density at radius 1 is 1.20 bits per heavy atom. The average molecular weight is 201 g/mol. The maximum Gasteiger partial charge on any atom is 0.0752 e. The largest absolute Gasteiger partial charge is 0.375 e. The lowest BCUT2D eigenvalue weighted by Gasteiger charge is -2.08. The van der Waals surface area contributed by atoms with Crippen molar-refractivity contribution in [2.75, 3.05) is 19.0 Å². The van der Waals surface area contributed by atoms with E-state index in [4.69, 9.17) is 0 Å². The summed E-state index contributed by atoms with van der Waals surface area (Å²) < 4.78 is 1.91. The lowest BCUT2D eigenvalue weighted by Crippen LogP contribution is -2.07. The number of benzene rings is 1. The predicted octanol–water partition coefficient (Wildman–Crippen LogP) is 2.25. The Morgan fingerprint density at radius 3 is 2.53 bits per heavy atom. The van der Waals surface area contributed by atoms with E-state index in [0.717, 1.165) is 11.4 Å². The van der Waals surface area contributed by atoms with Gasteiger partial charge in [-0.15, -0.1) is 0 Å². The van der Waals surface area contributed by atoms with E-state index in [2.05, 4.69) is 24.2 Å². The van der Waals surface area contributed by atoms with Crippen molar-refractivity contribution in [1.82, 2.24) is 9.78 Å². The van der Waals surface area contributed by atoms with Gasteiger partial charge in [-0.2, -0.15) is 5.10 Å². The SMILES string of the molecule is Cc1ccccc1-n1cc(N(C)C)cn1. The Kier molecular flexibility index (Phi) is 2.46. The second-order valence-corrected chi connectivity index (χ2v) is 3.82. The van der Waals surface area contributed by atoms with Gasteiger partial charge in [0.25, 0.3) is 0 Å². The topological polar surface area (TPSA) is 21.1 Å². The summed E-state index contributed by atoms with van der Waals surface area (Å²) in [7, 11) is 4.03. The molecular weight excluding hydrogens is 186 g/mol. The monoisotopic (exact) mass is 201 g/mol. The van der Waals surface area contributed by atoms with Crippen LogP contribution in [0.3, 0.4) is 0 Å². The molecule has 15 heavy (non-hydrogen) atoms. The fourth-order valence-corrected chi connectivity index (χ4v) is 1.50. The second kappa shape index (κ2) is 3.77. The Labute approximate surface area is 90.0 Å². The van der Waals surface area contributed by atoms with Crippen LogP contribution in [0, 0.1) is 6.92 Å². The first-order valence-electron chi connectivity index (χ1n) is 4.96. The van der Waals surface area contributed by atoms with Gasteiger partial charge < -0.3 is 4.90 Å². The highest BCUT2D eigenvalue weighted by Gasteiger charge is 2.03. The molecule has 0 saturated heterocycles. The number of nitrogens with zero attached hydrogens (tertiary/aromatic N) is 3. The first-order chi connectivity index (χ1) is 7.18. The summed E-state index contributed by atoms with van der Waals surface area (Å²) in [5, 5.41) is 4.34. The predicted molar refractivity (Wildman–Crippen MR) is 62.6 cm³/mol. The van der Waals surface area contributed by atoms with Crippen LogP contribution in [0.1, 0.15) is 5.56 Å². The molecule has 78 valence electrons. The van der Waals surface area contributed by atoms with Crippen molar-refractivity contribution >= 4 is 5.69 Å². The molecule has 2 rings (SSSR count). The first-order valence-corrected chi connectivity index (χ1v) is 4.96. The number of anilines is 1. The van der Waals surface area contributed by atoms with Gasteiger partial charge in [0.15, 0.2) is 0 Å². The molecule has 1 aromatic carbocycles. The maximum atomic E-state index is 4.34. The van der Waals surface area contributed by atoms with Gasteiger partial charge in [0.2, 0.25) is 0 Å². The van der Waals surface area contributed by atoms with E-state index in [1.807, 2.05) is 48.2 Å². The summed E-state index contributed by atoms with van der Waals surface area (Å²) in [6, 6.07) is 8.22. The first kappa shape index (κ1) is 9.77. The van der Waals surface area contributed by atoms with Crippen LogP contribution in [0.2, 0.25) is 0 Å². The van der Waals surface area contributed by atoms with Crippen LogP contribution in [0.15, 0.2) is 36.7 Å². The van der Waals surface area contributed by atoms with Crippen LogP contribution < -0.4 is 4.90 Å². The van der Waals surface area contributed by atoms with Gasteiger partial charge in [-0.1, -0.05) is 18.2 Å². The van der Waals surface area contributed by atoms with Gasteiger partial charge in [-0.05, 0) is 18.6 Å². The van der Waals surface area contributed by atoms with E-state index < -0.39 is 0 Å². The lowest BCUT2D eigenvalue weighted by atomic mass is 10.2. The molecule has 0 aliphatic rings. The van der Waals surface area contributed by atoms with Gasteiger partial charge >= 0.3 is 0 Å². The summed E-state index contributed by atoms with van der Waals surface area (Å²) >= 11 is 0. The van der Waals surface area contributed by atoms with Crippen molar-refractivity contribution in [3.05, 3.63) is 42.2 Å². The molecule has 0 unspecified atom stereocenters. The molecule has 2 aromatic rings. The molecule has 0 spiro atoms. The molecule has 0 amide bonds. The minimum Gasteiger partial charge on any atom is -0.375 e. The minimum absolute atomic E-state index is 1.11. The average Bonchev–Trinajstić information content (AvgIpc) is 2.67. The molecular formula is C12H15N3. The lowest BCUT2D eigenvalue weighted by molar-refractivity contribution is 0.872. The van der Waals surface area contributed by atoms with E-state index in [-0.39, 0.29) is 0 Å². The third kappa shape index (κ3) is 1.86. The maximum absolute atomic E-state index is 4.34. The summed E-state index contributed by atoms with van der Waals surface area (Å²) in [4.78, 5) is 2.04. The number of aryl methyl sites for hydroxylation is 1. The standard InChI is InChI=1S/C12H15N3/c1-10-6-4-5-7-12(10)15-9-11(8-13-15)14(2)3/h4-9H,1-3H3. The number of rotatable bonds is 2. The molecule has 0 N–H and O–H groups in total. The molecule has 0 saturated carbocycles. The molecule has 3 nitrogen and oxygen atoms in total. The molecule has 0 radical (unpaired) electrons. The Hall–Kier alpha value is -1.77. The van der Waals surface area contributed by atoms with E-state index in [1.165, 1.54) is 5.56 Å². The van der Waals surface area contributed by atoms with Gasteiger partial charge in [-0.25, -0.2) is 4.68 Å². The zero-order valence-corrected chi connectivity index (χ0v) is 9.31. The highest BCUT2D eigenvalue weighted by atomic mass is 15.3. The van der Waals surface area contributed by atoms with Gasteiger partial charge in [-0.3, -0.25) is 0 Å². The normalized spacial score (nSPS) is 10.3.